The normalized spacial score (nSPS) is 11.7. The van der Waals surface area contributed by atoms with Crippen molar-refractivity contribution in [3.63, 3.8) is 0 Å². The molecule has 4 rings (SSSR count). The summed E-state index contributed by atoms with van der Waals surface area (Å²) < 4.78 is 0. The summed E-state index contributed by atoms with van der Waals surface area (Å²) in [5, 5.41) is 10.6. The molecule has 1 unspecified atom stereocenters. The van der Waals surface area contributed by atoms with Crippen LogP contribution in [-0.2, 0) is 4.79 Å². The Labute approximate surface area is 213 Å². The number of benzene rings is 2. The maximum atomic E-state index is 12.7. The molecule has 1 atom stereocenters. The molecular weight excluding hydrogens is 517 g/mol. The number of halogens is 2. The summed E-state index contributed by atoms with van der Waals surface area (Å²) in [6, 6.07) is 16.2. The number of anilines is 2. The first-order valence-electron chi connectivity index (χ1n) is 9.72. The van der Waals surface area contributed by atoms with Crippen LogP contribution in [0, 0.1) is 0 Å². The van der Waals surface area contributed by atoms with E-state index >= 15 is 0 Å². The maximum Gasteiger partial charge on any atom is 0.265 e. The first-order chi connectivity index (χ1) is 15.9. The summed E-state index contributed by atoms with van der Waals surface area (Å²) >= 11 is 16.3. The molecule has 0 saturated heterocycles. The molecule has 10 heteroatoms. The molecule has 0 saturated carbocycles. The third-order valence-electron chi connectivity index (χ3n) is 4.48. The van der Waals surface area contributed by atoms with Gasteiger partial charge in [0.2, 0.25) is 5.91 Å². The Morgan fingerprint density at radius 2 is 1.82 bits per heavy atom. The zero-order valence-corrected chi connectivity index (χ0v) is 21.1. The maximum absolute atomic E-state index is 12.7. The Morgan fingerprint density at radius 3 is 2.52 bits per heavy atom. The van der Waals surface area contributed by atoms with E-state index in [1.807, 2.05) is 48.0 Å². The number of amides is 2. The van der Waals surface area contributed by atoms with Crippen LogP contribution in [0.5, 0.6) is 0 Å². The van der Waals surface area contributed by atoms with Gasteiger partial charge in [-0.3, -0.25) is 9.59 Å². The SMILES string of the molecule is CC(Sc1ccc(NC(=O)c2cccs2)cc1)C(=O)Nc1nc(-c2ccc(Cl)cc2Cl)cs1. The molecule has 0 bridgehead atoms. The summed E-state index contributed by atoms with van der Waals surface area (Å²) in [5.41, 5.74) is 2.13. The van der Waals surface area contributed by atoms with Crippen molar-refractivity contribution in [1.82, 2.24) is 4.98 Å². The fourth-order valence-electron chi connectivity index (χ4n) is 2.83. The van der Waals surface area contributed by atoms with Gasteiger partial charge in [-0.1, -0.05) is 29.3 Å². The molecule has 0 radical (unpaired) electrons. The van der Waals surface area contributed by atoms with Gasteiger partial charge in [-0.2, -0.15) is 0 Å². The molecule has 0 aliphatic carbocycles. The predicted octanol–water partition coefficient (Wildman–Crippen LogP) is 7.55. The van der Waals surface area contributed by atoms with Crippen LogP contribution in [-0.4, -0.2) is 22.0 Å². The topological polar surface area (TPSA) is 71.1 Å². The molecule has 2 aromatic carbocycles. The molecule has 2 N–H and O–H groups in total. The molecule has 0 aliphatic rings. The zero-order valence-electron chi connectivity index (χ0n) is 17.2. The van der Waals surface area contributed by atoms with E-state index in [4.69, 9.17) is 23.2 Å². The predicted molar refractivity (Wildman–Crippen MR) is 140 cm³/mol. The van der Waals surface area contributed by atoms with E-state index in [0.717, 1.165) is 10.5 Å². The fourth-order valence-corrected chi connectivity index (χ4v) is 5.54. The number of aromatic nitrogens is 1. The largest absolute Gasteiger partial charge is 0.321 e. The quantitative estimate of drug-likeness (QED) is 0.240. The monoisotopic (exact) mass is 533 g/mol. The lowest BCUT2D eigenvalue weighted by Crippen LogP contribution is -2.22. The van der Waals surface area contributed by atoms with Crippen LogP contribution < -0.4 is 10.6 Å². The lowest BCUT2D eigenvalue weighted by atomic mass is 10.2. The highest BCUT2D eigenvalue weighted by molar-refractivity contribution is 8.00. The van der Waals surface area contributed by atoms with Gasteiger partial charge in [-0.15, -0.1) is 34.4 Å². The van der Waals surface area contributed by atoms with Crippen LogP contribution >= 0.6 is 57.6 Å². The van der Waals surface area contributed by atoms with Gasteiger partial charge >= 0.3 is 0 Å². The Kier molecular flexibility index (Phi) is 7.72. The van der Waals surface area contributed by atoms with Gasteiger partial charge in [0, 0.05) is 26.5 Å². The lowest BCUT2D eigenvalue weighted by molar-refractivity contribution is -0.115. The van der Waals surface area contributed by atoms with Crippen molar-refractivity contribution in [2.45, 2.75) is 17.1 Å². The van der Waals surface area contributed by atoms with Crippen molar-refractivity contribution >= 4 is 80.3 Å². The molecule has 0 fully saturated rings. The van der Waals surface area contributed by atoms with Gasteiger partial charge < -0.3 is 10.6 Å². The van der Waals surface area contributed by atoms with Crippen LogP contribution in [0.15, 0.2) is 70.3 Å². The lowest BCUT2D eigenvalue weighted by Gasteiger charge is -2.11. The average Bonchev–Trinajstić information content (AvgIpc) is 3.47. The van der Waals surface area contributed by atoms with Crippen molar-refractivity contribution in [3.05, 3.63) is 80.3 Å². The van der Waals surface area contributed by atoms with Gasteiger partial charge in [-0.05, 0) is 60.8 Å². The smallest absolute Gasteiger partial charge is 0.265 e. The summed E-state index contributed by atoms with van der Waals surface area (Å²) in [7, 11) is 0. The number of thiazole rings is 1. The van der Waals surface area contributed by atoms with E-state index in [-0.39, 0.29) is 17.1 Å². The molecule has 5 nitrogen and oxygen atoms in total. The van der Waals surface area contributed by atoms with E-state index in [2.05, 4.69) is 15.6 Å². The minimum atomic E-state index is -0.344. The van der Waals surface area contributed by atoms with Crippen LogP contribution in [0.25, 0.3) is 11.3 Å². The third-order valence-corrected chi connectivity index (χ3v) is 7.77. The fraction of sp³-hybridized carbons (Fsp3) is 0.0870. The first-order valence-corrected chi connectivity index (χ1v) is 13.1. The molecule has 2 heterocycles. The summed E-state index contributed by atoms with van der Waals surface area (Å²) in [4.78, 5) is 30.8. The van der Waals surface area contributed by atoms with Crippen LogP contribution in [0.1, 0.15) is 16.6 Å². The van der Waals surface area contributed by atoms with E-state index in [1.54, 1.807) is 24.3 Å². The average molecular weight is 535 g/mol. The zero-order chi connectivity index (χ0) is 23.4. The van der Waals surface area contributed by atoms with E-state index in [1.165, 1.54) is 34.4 Å². The molecule has 168 valence electrons. The number of carbonyl (C=O) groups excluding carboxylic acids is 2. The minimum Gasteiger partial charge on any atom is -0.321 e. The van der Waals surface area contributed by atoms with E-state index in [9.17, 15) is 9.59 Å². The Balaban J connectivity index is 1.33. The number of rotatable bonds is 7. The summed E-state index contributed by atoms with van der Waals surface area (Å²) in [6.45, 7) is 1.83. The van der Waals surface area contributed by atoms with Gasteiger partial charge in [0.1, 0.15) is 0 Å². The Morgan fingerprint density at radius 1 is 1.03 bits per heavy atom. The van der Waals surface area contributed by atoms with Crippen LogP contribution in [0.2, 0.25) is 10.0 Å². The highest BCUT2D eigenvalue weighted by Gasteiger charge is 2.17. The first kappa shape index (κ1) is 23.8. The second-order valence-electron chi connectivity index (χ2n) is 6.87. The highest BCUT2D eigenvalue weighted by atomic mass is 35.5. The Hall–Kier alpha value is -2.36. The van der Waals surface area contributed by atoms with Crippen molar-refractivity contribution in [1.29, 1.82) is 0 Å². The van der Waals surface area contributed by atoms with Crippen LogP contribution in [0.4, 0.5) is 10.8 Å². The van der Waals surface area contributed by atoms with Gasteiger partial charge in [-0.25, -0.2) is 4.98 Å². The molecule has 4 aromatic rings. The molecule has 0 aliphatic heterocycles. The summed E-state index contributed by atoms with van der Waals surface area (Å²) in [6.07, 6.45) is 0. The summed E-state index contributed by atoms with van der Waals surface area (Å²) in [5.74, 6) is -0.293. The van der Waals surface area contributed by atoms with Gasteiger partial charge in [0.25, 0.3) is 5.91 Å². The van der Waals surface area contributed by atoms with Crippen LogP contribution in [0.3, 0.4) is 0 Å². The number of thiophene rings is 1. The van der Waals surface area contributed by atoms with Crippen molar-refractivity contribution < 1.29 is 9.59 Å². The number of carbonyl (C=O) groups is 2. The number of hydrogen-bond acceptors (Lipinski definition) is 6. The Bertz CT molecular complexity index is 1270. The number of thioether (sulfide) groups is 1. The third kappa shape index (κ3) is 6.16. The molecule has 33 heavy (non-hydrogen) atoms. The van der Waals surface area contributed by atoms with Gasteiger partial charge in [0.15, 0.2) is 5.13 Å². The van der Waals surface area contributed by atoms with Gasteiger partial charge in [0.05, 0.1) is 20.8 Å². The molecule has 0 spiro atoms. The van der Waals surface area contributed by atoms with Crippen molar-refractivity contribution in [2.24, 2.45) is 0 Å². The van der Waals surface area contributed by atoms with E-state index in [0.29, 0.717) is 31.4 Å². The van der Waals surface area contributed by atoms with Crippen molar-refractivity contribution in [3.8, 4) is 11.3 Å². The molecule has 2 aromatic heterocycles. The standard InChI is InChI=1S/C23H17Cl2N3O2S3/c1-13(33-16-7-5-15(6-8-16)26-22(30)20-3-2-10-31-20)21(29)28-23-27-19(12-32-23)17-9-4-14(24)11-18(17)25/h2-13H,1H3,(H,26,30)(H,27,28,29). The van der Waals surface area contributed by atoms with Crippen molar-refractivity contribution in [2.75, 3.05) is 10.6 Å². The number of hydrogen-bond donors (Lipinski definition) is 2. The number of nitrogens with zero attached hydrogens (tertiary/aromatic N) is 1. The molecule has 2 amide bonds. The molecular formula is C23H17Cl2N3O2S3. The highest BCUT2D eigenvalue weighted by Crippen LogP contribution is 2.33. The second kappa shape index (κ2) is 10.7. The number of nitrogens with one attached hydrogen (secondary N) is 2. The van der Waals surface area contributed by atoms with E-state index < -0.39 is 0 Å². The minimum absolute atomic E-state index is 0.138. The second-order valence-corrected chi connectivity index (χ2v) is 10.9.